The lowest BCUT2D eigenvalue weighted by Gasteiger charge is -2.37. The minimum Gasteiger partial charge on any atom is -0.457 e. The third kappa shape index (κ3) is 5.23. The van der Waals surface area contributed by atoms with Gasteiger partial charge in [-0.25, -0.2) is 4.79 Å². The van der Waals surface area contributed by atoms with Crippen LogP contribution < -0.4 is 20.3 Å². The third-order valence-corrected chi connectivity index (χ3v) is 7.28. The molecule has 0 saturated carbocycles. The van der Waals surface area contributed by atoms with Crippen LogP contribution in [0.4, 0.5) is 16.2 Å². The lowest BCUT2D eigenvalue weighted by Crippen LogP contribution is -2.55. The number of hydrogen-bond acceptors (Lipinski definition) is 6. The van der Waals surface area contributed by atoms with Gasteiger partial charge in [-0.1, -0.05) is 18.2 Å². The number of para-hydroxylation sites is 1. The lowest BCUT2D eigenvalue weighted by atomic mass is 9.90. The maximum atomic E-state index is 13.6. The number of benzene rings is 2. The van der Waals surface area contributed by atoms with E-state index in [0.29, 0.717) is 65.7 Å². The average Bonchev–Trinajstić information content (AvgIpc) is 2.94. The fraction of sp³-hybridized carbons (Fsp3) is 0.300. The number of urea groups is 1. The Hall–Kier alpha value is -4.21. The van der Waals surface area contributed by atoms with Crippen LogP contribution in [-0.2, 0) is 9.53 Å². The van der Waals surface area contributed by atoms with Crippen LogP contribution in [0.3, 0.4) is 0 Å². The van der Waals surface area contributed by atoms with Gasteiger partial charge in [0.2, 0.25) is 5.91 Å². The van der Waals surface area contributed by atoms with E-state index in [-0.39, 0.29) is 12.5 Å². The number of pyridine rings is 1. The van der Waals surface area contributed by atoms with Gasteiger partial charge in [0.1, 0.15) is 11.5 Å². The highest BCUT2D eigenvalue weighted by Crippen LogP contribution is 2.40. The summed E-state index contributed by atoms with van der Waals surface area (Å²) in [5.41, 5.74) is 3.46. The average molecular weight is 529 g/mol. The molecule has 5 rings (SSSR count). The predicted octanol–water partition coefficient (Wildman–Crippen LogP) is 4.74. The third-order valence-electron chi connectivity index (χ3n) is 7.28. The Labute approximate surface area is 227 Å². The highest BCUT2D eigenvalue weighted by atomic mass is 16.5. The van der Waals surface area contributed by atoms with Crippen LogP contribution in [0.25, 0.3) is 5.70 Å². The molecule has 0 atom stereocenters. The van der Waals surface area contributed by atoms with Crippen LogP contribution in [0.15, 0.2) is 66.4 Å². The van der Waals surface area contributed by atoms with Gasteiger partial charge in [-0.3, -0.25) is 14.7 Å². The number of rotatable bonds is 6. The molecule has 0 spiro atoms. The summed E-state index contributed by atoms with van der Waals surface area (Å²) in [6, 6.07) is 16.4. The van der Waals surface area contributed by atoms with E-state index < -0.39 is 11.6 Å². The van der Waals surface area contributed by atoms with E-state index in [1.54, 1.807) is 24.1 Å². The molecular weight excluding hydrogens is 496 g/mol. The minimum absolute atomic E-state index is 0.189. The molecule has 0 radical (unpaired) electrons. The second-order valence-corrected chi connectivity index (χ2v) is 9.92. The number of aliphatic hydroxyl groups excluding tert-OH is 1. The predicted molar refractivity (Wildman–Crippen MR) is 148 cm³/mol. The Morgan fingerprint density at radius 1 is 1.10 bits per heavy atom. The quantitative estimate of drug-likeness (QED) is 0.399. The molecule has 1 saturated heterocycles. The molecule has 3 amide bonds. The number of carbonyl (C=O) groups is 2. The molecule has 1 aromatic heterocycles. The Kier molecular flexibility index (Phi) is 7.36. The molecule has 0 bridgehead atoms. The Morgan fingerprint density at radius 3 is 2.54 bits per heavy atom. The molecule has 0 aliphatic carbocycles. The van der Waals surface area contributed by atoms with Crippen molar-refractivity contribution in [3.63, 3.8) is 0 Å². The van der Waals surface area contributed by atoms with Crippen molar-refractivity contribution in [2.45, 2.75) is 39.2 Å². The van der Waals surface area contributed by atoms with Crippen molar-refractivity contribution in [2.24, 2.45) is 0 Å². The van der Waals surface area contributed by atoms with Crippen molar-refractivity contribution in [3.05, 3.63) is 83.2 Å². The van der Waals surface area contributed by atoms with Gasteiger partial charge in [0.25, 0.3) is 0 Å². The molecule has 9 heteroatoms. The fourth-order valence-electron chi connectivity index (χ4n) is 5.00. The SMILES string of the molecule is C/C(C(=O)NC1(CO)CCOCC1)=C1/NC(=O)N(c2ccc(Oc3ccccc3)cc2C)c2ccnc(C)c21. The first-order valence-corrected chi connectivity index (χ1v) is 12.9. The summed E-state index contributed by atoms with van der Waals surface area (Å²) < 4.78 is 11.4. The maximum absolute atomic E-state index is 13.6. The summed E-state index contributed by atoms with van der Waals surface area (Å²) in [6.07, 6.45) is 2.68. The highest BCUT2D eigenvalue weighted by Gasteiger charge is 2.36. The van der Waals surface area contributed by atoms with Gasteiger partial charge in [0, 0.05) is 36.2 Å². The summed E-state index contributed by atoms with van der Waals surface area (Å²) in [5.74, 6) is 1.02. The number of carbonyl (C=O) groups excluding carboxylic acids is 2. The topological polar surface area (TPSA) is 113 Å². The van der Waals surface area contributed by atoms with E-state index in [9.17, 15) is 14.7 Å². The standard InChI is InChI=1S/C30H32N4O5/c1-19-17-23(39-22-7-5-4-6-8-22)9-10-24(19)34-25-11-14-31-21(3)26(25)27(32-29(34)37)20(2)28(36)33-30(18-35)12-15-38-16-13-30/h4-11,14,17,35H,12-13,15-16,18H2,1-3H3,(H,32,37)(H,33,36)/b27-20-. The first-order valence-electron chi connectivity index (χ1n) is 12.9. The van der Waals surface area contributed by atoms with Gasteiger partial charge in [-0.2, -0.15) is 0 Å². The van der Waals surface area contributed by atoms with E-state index in [0.717, 1.165) is 11.3 Å². The van der Waals surface area contributed by atoms with Gasteiger partial charge >= 0.3 is 6.03 Å². The molecule has 3 N–H and O–H groups in total. The van der Waals surface area contributed by atoms with Crippen molar-refractivity contribution in [1.29, 1.82) is 0 Å². The van der Waals surface area contributed by atoms with E-state index in [1.807, 2.05) is 62.4 Å². The second kappa shape index (κ2) is 10.9. The minimum atomic E-state index is -0.755. The zero-order valence-electron chi connectivity index (χ0n) is 22.3. The molecule has 2 aromatic carbocycles. The van der Waals surface area contributed by atoms with Gasteiger partial charge in [-0.15, -0.1) is 0 Å². The summed E-state index contributed by atoms with van der Waals surface area (Å²) in [7, 11) is 0. The maximum Gasteiger partial charge on any atom is 0.331 e. The molecule has 0 unspecified atom stereocenters. The molecule has 9 nitrogen and oxygen atoms in total. The zero-order valence-corrected chi connectivity index (χ0v) is 22.3. The van der Waals surface area contributed by atoms with Crippen molar-refractivity contribution in [1.82, 2.24) is 15.6 Å². The van der Waals surface area contributed by atoms with E-state index in [2.05, 4.69) is 15.6 Å². The van der Waals surface area contributed by atoms with E-state index in [1.165, 1.54) is 0 Å². The number of nitrogens with one attached hydrogen (secondary N) is 2. The van der Waals surface area contributed by atoms with Crippen LogP contribution in [0, 0.1) is 13.8 Å². The summed E-state index contributed by atoms with van der Waals surface area (Å²) in [4.78, 5) is 33.0. The number of amides is 3. The summed E-state index contributed by atoms with van der Waals surface area (Å²) >= 11 is 0. The van der Waals surface area contributed by atoms with Gasteiger partial charge in [0.15, 0.2) is 0 Å². The van der Waals surface area contributed by atoms with Crippen LogP contribution in [0.2, 0.25) is 0 Å². The van der Waals surface area contributed by atoms with E-state index in [4.69, 9.17) is 9.47 Å². The zero-order chi connectivity index (χ0) is 27.6. The van der Waals surface area contributed by atoms with Crippen LogP contribution >= 0.6 is 0 Å². The normalized spacial score (nSPS) is 17.6. The van der Waals surface area contributed by atoms with Gasteiger partial charge < -0.3 is 25.2 Å². The fourth-order valence-corrected chi connectivity index (χ4v) is 5.00. The number of hydrogen-bond donors (Lipinski definition) is 3. The molecule has 1 fully saturated rings. The number of anilines is 2. The van der Waals surface area contributed by atoms with E-state index >= 15 is 0 Å². The molecule has 2 aliphatic rings. The van der Waals surface area contributed by atoms with Crippen LogP contribution in [-0.4, -0.2) is 47.4 Å². The monoisotopic (exact) mass is 528 g/mol. The number of ether oxygens (including phenoxy) is 2. The molecule has 2 aliphatic heterocycles. The summed E-state index contributed by atoms with van der Waals surface area (Å²) in [5, 5.41) is 16.0. The Bertz CT molecular complexity index is 1430. The first-order chi connectivity index (χ1) is 18.8. The van der Waals surface area contributed by atoms with Gasteiger partial charge in [0.05, 0.1) is 29.2 Å². The summed E-state index contributed by atoms with van der Waals surface area (Å²) in [6.45, 7) is 6.16. The lowest BCUT2D eigenvalue weighted by molar-refractivity contribution is -0.121. The highest BCUT2D eigenvalue weighted by molar-refractivity contribution is 6.14. The number of fused-ring (bicyclic) bond motifs is 1. The Morgan fingerprint density at radius 2 is 1.85 bits per heavy atom. The largest absolute Gasteiger partial charge is 0.457 e. The smallest absolute Gasteiger partial charge is 0.331 e. The van der Waals surface area contributed by atoms with Gasteiger partial charge in [-0.05, 0) is 75.6 Å². The number of nitrogens with zero attached hydrogens (tertiary/aromatic N) is 2. The van der Waals surface area contributed by atoms with Crippen molar-refractivity contribution in [3.8, 4) is 11.5 Å². The van der Waals surface area contributed by atoms with Crippen molar-refractivity contribution >= 4 is 29.0 Å². The van der Waals surface area contributed by atoms with Crippen molar-refractivity contribution in [2.75, 3.05) is 24.7 Å². The molecular formula is C30H32N4O5. The molecule has 202 valence electrons. The Balaban J connectivity index is 1.49. The number of aliphatic hydroxyl groups is 1. The first kappa shape index (κ1) is 26.4. The molecule has 3 heterocycles. The molecule has 39 heavy (non-hydrogen) atoms. The molecule has 3 aromatic rings. The van der Waals surface area contributed by atoms with Crippen molar-refractivity contribution < 1.29 is 24.2 Å². The second-order valence-electron chi connectivity index (χ2n) is 9.92. The number of aromatic nitrogens is 1. The van der Waals surface area contributed by atoms with Crippen LogP contribution in [0.5, 0.6) is 11.5 Å². The van der Waals surface area contributed by atoms with Crippen LogP contribution in [0.1, 0.15) is 36.6 Å². The number of aryl methyl sites for hydroxylation is 2.